The Bertz CT molecular complexity index is 2040. The Labute approximate surface area is 282 Å². The zero-order valence-electron chi connectivity index (χ0n) is 27.4. The van der Waals surface area contributed by atoms with E-state index in [1.807, 2.05) is 67.1 Å². The summed E-state index contributed by atoms with van der Waals surface area (Å²) in [5, 5.41) is 12.8. The van der Waals surface area contributed by atoms with Gasteiger partial charge in [0.15, 0.2) is 0 Å². The third-order valence-electron chi connectivity index (χ3n) is 9.88. The second kappa shape index (κ2) is 12.7. The lowest BCUT2D eigenvalue weighted by molar-refractivity contribution is -0.142. The van der Waals surface area contributed by atoms with Crippen LogP contribution in [0.3, 0.4) is 0 Å². The van der Waals surface area contributed by atoms with Gasteiger partial charge in [0.1, 0.15) is 21.9 Å². The lowest BCUT2D eigenvalue weighted by Crippen LogP contribution is -2.53. The normalized spacial score (nSPS) is 19.5. The number of hydrogen-bond acceptors (Lipinski definition) is 8. The Morgan fingerprint density at radius 1 is 1.04 bits per heavy atom. The van der Waals surface area contributed by atoms with Crippen LogP contribution in [0.5, 0.6) is 0 Å². The Hall–Kier alpha value is -4.68. The van der Waals surface area contributed by atoms with Gasteiger partial charge >= 0.3 is 0 Å². The van der Waals surface area contributed by atoms with E-state index in [1.54, 1.807) is 29.2 Å². The van der Waals surface area contributed by atoms with Gasteiger partial charge in [0.05, 0.1) is 23.2 Å². The van der Waals surface area contributed by atoms with Crippen LogP contribution < -0.4 is 5.56 Å². The first-order valence-corrected chi connectivity index (χ1v) is 17.2. The molecule has 1 N–H and O–H groups in total. The lowest BCUT2D eigenvalue weighted by atomic mass is 9.79. The minimum absolute atomic E-state index is 0.0470. The van der Waals surface area contributed by atoms with E-state index in [0.29, 0.717) is 67.0 Å². The number of aromatic nitrogens is 5. The molecule has 12 heteroatoms. The summed E-state index contributed by atoms with van der Waals surface area (Å²) in [5.41, 5.74) is 2.94. The van der Waals surface area contributed by atoms with Crippen molar-refractivity contribution >= 4 is 34.2 Å². The second-order valence-electron chi connectivity index (χ2n) is 13.2. The van der Waals surface area contributed by atoms with Crippen LogP contribution in [-0.4, -0.2) is 82.6 Å². The highest BCUT2D eigenvalue weighted by molar-refractivity contribution is 7.17. The zero-order valence-corrected chi connectivity index (χ0v) is 28.2. The highest BCUT2D eigenvalue weighted by Crippen LogP contribution is 2.37. The molecule has 0 saturated carbocycles. The molecule has 6 heterocycles. The van der Waals surface area contributed by atoms with Gasteiger partial charge < -0.3 is 19.5 Å². The summed E-state index contributed by atoms with van der Waals surface area (Å²) in [6.07, 6.45) is 8.10. The van der Waals surface area contributed by atoms with Crippen LogP contribution in [0.25, 0.3) is 21.6 Å². The van der Waals surface area contributed by atoms with Gasteiger partial charge in [-0.1, -0.05) is 30.3 Å². The molecular formula is C36H39N7O4S. The Morgan fingerprint density at radius 3 is 2.56 bits per heavy atom. The van der Waals surface area contributed by atoms with Crippen molar-refractivity contribution in [3.05, 3.63) is 99.4 Å². The molecule has 0 radical (unpaired) electrons. The number of carbonyl (C=O) groups is 2. The molecule has 0 bridgehead atoms. The van der Waals surface area contributed by atoms with Gasteiger partial charge in [-0.25, -0.2) is 9.97 Å². The van der Waals surface area contributed by atoms with E-state index in [1.165, 1.54) is 22.2 Å². The largest absolute Gasteiger partial charge is 0.388 e. The van der Waals surface area contributed by atoms with Gasteiger partial charge in [-0.05, 0) is 56.4 Å². The van der Waals surface area contributed by atoms with Crippen molar-refractivity contribution in [1.82, 2.24) is 33.9 Å². The molecular weight excluding hydrogens is 627 g/mol. The number of aliphatic hydroxyl groups is 1. The van der Waals surface area contributed by atoms with E-state index in [-0.39, 0.29) is 35.8 Å². The predicted molar refractivity (Wildman–Crippen MR) is 184 cm³/mol. The minimum Gasteiger partial charge on any atom is -0.388 e. The van der Waals surface area contributed by atoms with Gasteiger partial charge in [-0.3, -0.25) is 23.9 Å². The fourth-order valence-corrected chi connectivity index (χ4v) is 8.17. The molecule has 2 fully saturated rings. The highest BCUT2D eigenvalue weighted by atomic mass is 32.1. The van der Waals surface area contributed by atoms with Crippen molar-refractivity contribution < 1.29 is 14.7 Å². The van der Waals surface area contributed by atoms with Gasteiger partial charge in [0, 0.05) is 69.2 Å². The minimum atomic E-state index is -1.13. The number of piperidine rings is 2. The number of pyridine rings is 1. The standard InChI is InChI=1S/C36H39N7O4S/c1-23-17-26(19-37-18-23)32-39-24(2)30(48-32)35(46)42-14-10-27(29(20-42)25-7-5-4-6-8-25)33(44)41-15-11-36(47,12-16-41)21-43-22-38-31-28(34(43)45)9-13-40(31)3/h4-9,13,17-19,22,27,29,47H,10-12,14-16,20-21H2,1-3H3/t27-,29+/m1/s1. The maximum absolute atomic E-state index is 14.2. The average molecular weight is 666 g/mol. The van der Waals surface area contributed by atoms with Gasteiger partial charge in [-0.15, -0.1) is 11.3 Å². The topological polar surface area (TPSA) is 126 Å². The Kier molecular flexibility index (Phi) is 8.46. The van der Waals surface area contributed by atoms with Crippen molar-refractivity contribution in [3.8, 4) is 10.6 Å². The summed E-state index contributed by atoms with van der Waals surface area (Å²) in [6, 6.07) is 13.7. The molecule has 1 aromatic carbocycles. The number of thiazole rings is 1. The number of carbonyl (C=O) groups excluding carboxylic acids is 2. The number of benzene rings is 1. The van der Waals surface area contributed by atoms with Crippen molar-refractivity contribution in [2.75, 3.05) is 26.2 Å². The Morgan fingerprint density at radius 2 is 1.81 bits per heavy atom. The van der Waals surface area contributed by atoms with Crippen molar-refractivity contribution in [2.45, 2.75) is 51.2 Å². The molecule has 2 amide bonds. The molecule has 2 aliphatic rings. The maximum Gasteiger partial charge on any atom is 0.265 e. The quantitative estimate of drug-likeness (QED) is 0.289. The van der Waals surface area contributed by atoms with Crippen LogP contribution in [0.2, 0.25) is 0 Å². The Balaban J connectivity index is 1.05. The maximum atomic E-state index is 14.2. The monoisotopic (exact) mass is 665 g/mol. The van der Waals surface area contributed by atoms with E-state index in [0.717, 1.165) is 21.7 Å². The summed E-state index contributed by atoms with van der Waals surface area (Å²) in [5.74, 6) is -0.490. The molecule has 0 aliphatic carbocycles. The van der Waals surface area contributed by atoms with Crippen LogP contribution in [0.1, 0.15) is 51.7 Å². The summed E-state index contributed by atoms with van der Waals surface area (Å²) in [7, 11) is 1.84. The molecule has 0 unspecified atom stereocenters. The third kappa shape index (κ3) is 6.06. The molecule has 7 rings (SSSR count). The number of aryl methyl sites for hydroxylation is 3. The number of nitrogens with zero attached hydrogens (tertiary/aromatic N) is 7. The smallest absolute Gasteiger partial charge is 0.265 e. The third-order valence-corrected chi connectivity index (χ3v) is 11.1. The lowest BCUT2D eigenvalue weighted by Gasteiger charge is -2.43. The first-order valence-electron chi connectivity index (χ1n) is 16.4. The number of fused-ring (bicyclic) bond motifs is 1. The molecule has 248 valence electrons. The van der Waals surface area contributed by atoms with E-state index < -0.39 is 5.60 Å². The first kappa shape index (κ1) is 31.9. The van der Waals surface area contributed by atoms with Crippen LogP contribution in [0, 0.1) is 19.8 Å². The summed E-state index contributed by atoms with van der Waals surface area (Å²) < 4.78 is 3.27. The van der Waals surface area contributed by atoms with E-state index in [4.69, 9.17) is 4.98 Å². The molecule has 5 aromatic rings. The van der Waals surface area contributed by atoms with Crippen LogP contribution in [0.15, 0.2) is 72.2 Å². The molecule has 2 saturated heterocycles. The SMILES string of the molecule is Cc1cncc(-c2nc(C)c(C(=O)N3CC[C@@H](C(=O)N4CCC(O)(Cn5cnc6c(ccn6C)c5=O)CC4)[C@H](c4ccccc4)C3)s2)c1. The van der Waals surface area contributed by atoms with Crippen molar-refractivity contribution in [2.24, 2.45) is 13.0 Å². The highest BCUT2D eigenvalue weighted by Gasteiger charge is 2.42. The first-order chi connectivity index (χ1) is 23.1. The summed E-state index contributed by atoms with van der Waals surface area (Å²) >= 11 is 1.39. The fraction of sp³-hybridized carbons (Fsp3) is 0.389. The van der Waals surface area contributed by atoms with Crippen LogP contribution >= 0.6 is 11.3 Å². The van der Waals surface area contributed by atoms with E-state index in [2.05, 4.69) is 9.97 Å². The molecule has 4 aromatic heterocycles. The number of rotatable bonds is 6. The average Bonchev–Trinajstić information content (AvgIpc) is 3.68. The second-order valence-corrected chi connectivity index (χ2v) is 14.2. The van der Waals surface area contributed by atoms with Gasteiger partial charge in [0.2, 0.25) is 5.91 Å². The fourth-order valence-electron chi connectivity index (χ4n) is 7.15. The molecule has 0 spiro atoms. The van der Waals surface area contributed by atoms with Gasteiger partial charge in [0.25, 0.3) is 11.5 Å². The van der Waals surface area contributed by atoms with E-state index >= 15 is 0 Å². The van der Waals surface area contributed by atoms with Gasteiger partial charge in [-0.2, -0.15) is 0 Å². The molecule has 48 heavy (non-hydrogen) atoms. The summed E-state index contributed by atoms with van der Waals surface area (Å²) in [6.45, 7) is 5.64. The zero-order chi connectivity index (χ0) is 33.6. The molecule has 11 nitrogen and oxygen atoms in total. The molecule has 2 aliphatic heterocycles. The number of likely N-dealkylation sites (tertiary alicyclic amines) is 2. The summed E-state index contributed by atoms with van der Waals surface area (Å²) in [4.78, 5) is 58.9. The number of hydrogen-bond donors (Lipinski definition) is 1. The van der Waals surface area contributed by atoms with Crippen LogP contribution in [0.4, 0.5) is 0 Å². The van der Waals surface area contributed by atoms with E-state index in [9.17, 15) is 19.5 Å². The predicted octanol–water partition coefficient (Wildman–Crippen LogP) is 4.17. The molecule has 2 atom stereocenters. The van der Waals surface area contributed by atoms with Crippen LogP contribution in [-0.2, 0) is 18.4 Å². The van der Waals surface area contributed by atoms with Crippen molar-refractivity contribution in [3.63, 3.8) is 0 Å². The number of amides is 2. The van der Waals surface area contributed by atoms with Crippen molar-refractivity contribution in [1.29, 1.82) is 0 Å².